The predicted octanol–water partition coefficient (Wildman–Crippen LogP) is 4.07. The maximum absolute atomic E-state index is 10.6. The lowest BCUT2D eigenvalue weighted by Crippen LogP contribution is -2.30. The summed E-state index contributed by atoms with van der Waals surface area (Å²) in [6.07, 6.45) is 4.37. The second-order valence-electron chi connectivity index (χ2n) is 4.90. The van der Waals surface area contributed by atoms with Gasteiger partial charge in [0.2, 0.25) is 0 Å². The second kappa shape index (κ2) is 7.82. The zero-order valence-electron chi connectivity index (χ0n) is 11.9. The van der Waals surface area contributed by atoms with Crippen molar-refractivity contribution in [2.45, 2.75) is 31.6 Å². The van der Waals surface area contributed by atoms with E-state index in [0.29, 0.717) is 0 Å². The van der Waals surface area contributed by atoms with Crippen molar-refractivity contribution in [3.8, 4) is 0 Å². The quantitative estimate of drug-likeness (QED) is 0.769. The molecule has 0 aliphatic rings. The van der Waals surface area contributed by atoms with Crippen LogP contribution in [0.1, 0.15) is 26.7 Å². The Hall–Kier alpha value is -0.510. The second-order valence-corrected chi connectivity index (χ2v) is 7.86. The van der Waals surface area contributed by atoms with Crippen LogP contribution < -0.4 is 0 Å². The van der Waals surface area contributed by atoms with Crippen molar-refractivity contribution in [1.82, 2.24) is 4.90 Å². The highest BCUT2D eigenvalue weighted by Gasteiger charge is 2.17. The first kappa shape index (κ1) is 15.5. The Morgan fingerprint density at radius 1 is 1.00 bits per heavy atom. The summed E-state index contributed by atoms with van der Waals surface area (Å²) in [5.74, 6) is 0.872. The summed E-state index contributed by atoms with van der Waals surface area (Å²) in [5, 5.41) is 0. The van der Waals surface area contributed by atoms with Crippen LogP contribution in [0.15, 0.2) is 35.2 Å². The highest BCUT2D eigenvalue weighted by Crippen LogP contribution is 2.47. The molecule has 0 radical (unpaired) electrons. The molecule has 0 aliphatic carbocycles. The Morgan fingerprint density at radius 3 is 2.06 bits per heavy atom. The van der Waals surface area contributed by atoms with Crippen LogP contribution in [-0.4, -0.2) is 41.1 Å². The molecule has 1 atom stereocenters. The van der Waals surface area contributed by atoms with E-state index in [4.69, 9.17) is 0 Å². The van der Waals surface area contributed by atoms with E-state index in [0.717, 1.165) is 30.3 Å². The van der Waals surface area contributed by atoms with Crippen molar-refractivity contribution in [2.24, 2.45) is 0 Å². The smallest absolute Gasteiger partial charge is 0.0155 e. The van der Waals surface area contributed by atoms with E-state index in [1.54, 1.807) is 0 Å². The van der Waals surface area contributed by atoms with Crippen LogP contribution in [0.4, 0.5) is 0 Å². The molecule has 3 heteroatoms. The van der Waals surface area contributed by atoms with Gasteiger partial charge in [-0.25, -0.2) is 0 Å². The normalized spacial score (nSPS) is 16.5. The van der Waals surface area contributed by atoms with E-state index in [2.05, 4.69) is 18.7 Å². The standard InChI is InChI=1S/C15H27NOS/c1-4-11-16(12-5-2)13-14-18(3,17)15-9-7-6-8-10-15/h6-10,17H,4-5,11-14H2,1-3H3. The molecule has 1 aromatic rings. The number of benzene rings is 1. The molecule has 0 bridgehead atoms. The Bertz CT molecular complexity index is 321. The molecule has 104 valence electrons. The van der Waals surface area contributed by atoms with Gasteiger partial charge in [0.05, 0.1) is 0 Å². The van der Waals surface area contributed by atoms with Gasteiger partial charge in [0, 0.05) is 17.2 Å². The van der Waals surface area contributed by atoms with E-state index in [-0.39, 0.29) is 0 Å². The Kier molecular flexibility index (Phi) is 6.76. The molecule has 18 heavy (non-hydrogen) atoms. The maximum atomic E-state index is 10.6. The average Bonchev–Trinajstić information content (AvgIpc) is 2.38. The van der Waals surface area contributed by atoms with Gasteiger partial charge in [-0.1, -0.05) is 32.0 Å². The van der Waals surface area contributed by atoms with Gasteiger partial charge in [-0.05, 0) is 44.3 Å². The van der Waals surface area contributed by atoms with Gasteiger partial charge >= 0.3 is 0 Å². The summed E-state index contributed by atoms with van der Waals surface area (Å²) < 4.78 is 10.6. The van der Waals surface area contributed by atoms with Gasteiger partial charge < -0.3 is 9.45 Å². The van der Waals surface area contributed by atoms with Crippen LogP contribution in [0.3, 0.4) is 0 Å². The highest BCUT2D eigenvalue weighted by atomic mass is 32.3. The zero-order chi connectivity index (χ0) is 13.4. The van der Waals surface area contributed by atoms with Crippen LogP contribution >= 0.6 is 10.3 Å². The Morgan fingerprint density at radius 2 is 1.56 bits per heavy atom. The first-order chi connectivity index (χ1) is 8.60. The molecule has 0 saturated heterocycles. The number of rotatable bonds is 8. The molecule has 1 rings (SSSR count). The van der Waals surface area contributed by atoms with E-state index in [1.807, 2.05) is 36.6 Å². The summed E-state index contributed by atoms with van der Waals surface area (Å²) in [6, 6.07) is 10.1. The molecule has 0 fully saturated rings. The largest absolute Gasteiger partial charge is 0.347 e. The van der Waals surface area contributed by atoms with Crippen LogP contribution in [0.25, 0.3) is 0 Å². The van der Waals surface area contributed by atoms with Crippen molar-refractivity contribution in [1.29, 1.82) is 0 Å². The molecule has 0 aromatic heterocycles. The molecule has 0 spiro atoms. The van der Waals surface area contributed by atoms with Gasteiger partial charge in [-0.15, -0.1) is 10.3 Å². The lowest BCUT2D eigenvalue weighted by atomic mass is 10.3. The average molecular weight is 269 g/mol. The minimum absolute atomic E-state index is 0.872. The topological polar surface area (TPSA) is 23.5 Å². The van der Waals surface area contributed by atoms with Gasteiger partial charge in [0.15, 0.2) is 0 Å². The molecule has 0 saturated carbocycles. The molecule has 1 aromatic carbocycles. The molecular formula is C15H27NOS. The number of hydrogen-bond acceptors (Lipinski definition) is 2. The molecule has 1 N–H and O–H groups in total. The van der Waals surface area contributed by atoms with Crippen molar-refractivity contribution in [3.05, 3.63) is 30.3 Å². The van der Waals surface area contributed by atoms with Crippen LogP contribution in [0, 0.1) is 0 Å². The van der Waals surface area contributed by atoms with Crippen molar-refractivity contribution < 1.29 is 4.55 Å². The monoisotopic (exact) mass is 269 g/mol. The van der Waals surface area contributed by atoms with Gasteiger partial charge in [-0.2, -0.15) is 0 Å². The van der Waals surface area contributed by atoms with E-state index < -0.39 is 10.3 Å². The third-order valence-corrected chi connectivity index (χ3v) is 5.40. The molecule has 1 unspecified atom stereocenters. The van der Waals surface area contributed by atoms with E-state index >= 15 is 0 Å². The summed E-state index contributed by atoms with van der Waals surface area (Å²) >= 11 is 0. The van der Waals surface area contributed by atoms with Crippen molar-refractivity contribution in [3.63, 3.8) is 0 Å². The summed E-state index contributed by atoms with van der Waals surface area (Å²) in [7, 11) is -1.63. The highest BCUT2D eigenvalue weighted by molar-refractivity contribution is 8.28. The minimum atomic E-state index is -1.63. The Balaban J connectivity index is 2.54. The summed E-state index contributed by atoms with van der Waals surface area (Å²) in [6.45, 7) is 7.70. The SMILES string of the molecule is CCCN(CCC)CCS(C)(O)c1ccccc1. The van der Waals surface area contributed by atoms with E-state index in [1.165, 1.54) is 12.8 Å². The fourth-order valence-corrected chi connectivity index (χ4v) is 3.70. The molecular weight excluding hydrogens is 242 g/mol. The fourth-order valence-electron chi connectivity index (χ4n) is 2.11. The van der Waals surface area contributed by atoms with Crippen molar-refractivity contribution in [2.75, 3.05) is 31.6 Å². The van der Waals surface area contributed by atoms with Crippen LogP contribution in [0.2, 0.25) is 0 Å². The maximum Gasteiger partial charge on any atom is 0.0155 e. The van der Waals surface area contributed by atoms with Gasteiger partial charge in [0.25, 0.3) is 0 Å². The zero-order valence-corrected chi connectivity index (χ0v) is 12.7. The first-order valence-corrected chi connectivity index (χ1v) is 9.02. The number of hydrogen-bond donors (Lipinski definition) is 1. The van der Waals surface area contributed by atoms with Gasteiger partial charge in [0.1, 0.15) is 0 Å². The Labute approximate surface area is 114 Å². The van der Waals surface area contributed by atoms with Gasteiger partial charge in [-0.3, -0.25) is 0 Å². The predicted molar refractivity (Wildman–Crippen MR) is 82.7 cm³/mol. The third kappa shape index (κ3) is 5.01. The summed E-state index contributed by atoms with van der Waals surface area (Å²) in [4.78, 5) is 3.56. The molecule has 0 amide bonds. The molecule has 0 aliphatic heterocycles. The lowest BCUT2D eigenvalue weighted by Gasteiger charge is -2.32. The minimum Gasteiger partial charge on any atom is -0.347 e. The fraction of sp³-hybridized carbons (Fsp3) is 0.600. The molecule has 2 nitrogen and oxygen atoms in total. The van der Waals surface area contributed by atoms with E-state index in [9.17, 15) is 4.55 Å². The van der Waals surface area contributed by atoms with Crippen LogP contribution in [0.5, 0.6) is 0 Å². The third-order valence-electron chi connectivity index (χ3n) is 3.14. The molecule has 0 heterocycles. The van der Waals surface area contributed by atoms with Crippen LogP contribution in [-0.2, 0) is 0 Å². The number of nitrogens with zero attached hydrogens (tertiary/aromatic N) is 1. The first-order valence-electron chi connectivity index (χ1n) is 6.86. The lowest BCUT2D eigenvalue weighted by molar-refractivity contribution is 0.290. The summed E-state index contributed by atoms with van der Waals surface area (Å²) in [5.41, 5.74) is 0. The van der Waals surface area contributed by atoms with Crippen molar-refractivity contribution >= 4 is 10.3 Å².